The standard InChI is InChI=1S/C19H21NO3/c1-12-7-5-9-16(11-12)20-18(21)15(4)23-19(22)17-10-6-8-13(2)14(17)3/h5-11,15H,1-4H3,(H,20,21)/t15-/m0/s1. The van der Waals surface area contributed by atoms with Crippen molar-refractivity contribution >= 4 is 17.6 Å². The van der Waals surface area contributed by atoms with Crippen LogP contribution in [0.1, 0.15) is 34.0 Å². The molecule has 1 N–H and O–H groups in total. The van der Waals surface area contributed by atoms with Gasteiger partial charge in [0, 0.05) is 5.69 Å². The summed E-state index contributed by atoms with van der Waals surface area (Å²) in [4.78, 5) is 24.4. The molecule has 0 aliphatic heterocycles. The van der Waals surface area contributed by atoms with Crippen LogP contribution in [-0.4, -0.2) is 18.0 Å². The number of aryl methyl sites for hydroxylation is 2. The second-order valence-electron chi connectivity index (χ2n) is 5.65. The summed E-state index contributed by atoms with van der Waals surface area (Å²) in [5.41, 5.74) is 4.09. The van der Waals surface area contributed by atoms with Crippen molar-refractivity contribution in [2.75, 3.05) is 5.32 Å². The summed E-state index contributed by atoms with van der Waals surface area (Å²) in [5.74, 6) is -0.840. The maximum Gasteiger partial charge on any atom is 0.339 e. The lowest BCUT2D eigenvalue weighted by molar-refractivity contribution is -0.123. The maximum atomic E-state index is 12.2. The van der Waals surface area contributed by atoms with E-state index >= 15 is 0 Å². The highest BCUT2D eigenvalue weighted by molar-refractivity contribution is 5.97. The van der Waals surface area contributed by atoms with E-state index in [0.29, 0.717) is 11.3 Å². The van der Waals surface area contributed by atoms with Crippen LogP contribution >= 0.6 is 0 Å². The molecule has 2 aromatic rings. The molecule has 0 unspecified atom stereocenters. The Kier molecular flexibility index (Phi) is 5.16. The van der Waals surface area contributed by atoms with Gasteiger partial charge in [0.25, 0.3) is 5.91 Å². The molecule has 0 saturated heterocycles. The van der Waals surface area contributed by atoms with Gasteiger partial charge in [-0.3, -0.25) is 4.79 Å². The molecule has 0 aromatic heterocycles. The van der Waals surface area contributed by atoms with E-state index in [1.807, 2.05) is 45.0 Å². The number of benzene rings is 2. The fourth-order valence-electron chi connectivity index (χ4n) is 2.22. The van der Waals surface area contributed by atoms with E-state index in [1.165, 1.54) is 0 Å². The minimum atomic E-state index is -0.872. The van der Waals surface area contributed by atoms with E-state index in [0.717, 1.165) is 16.7 Å². The van der Waals surface area contributed by atoms with Crippen LogP contribution in [0.4, 0.5) is 5.69 Å². The largest absolute Gasteiger partial charge is 0.449 e. The molecule has 0 saturated carbocycles. The summed E-state index contributed by atoms with van der Waals surface area (Å²) >= 11 is 0. The summed E-state index contributed by atoms with van der Waals surface area (Å²) in [7, 11) is 0. The number of rotatable bonds is 4. The first-order valence-corrected chi connectivity index (χ1v) is 7.53. The summed E-state index contributed by atoms with van der Waals surface area (Å²) < 4.78 is 5.29. The zero-order chi connectivity index (χ0) is 17.0. The summed E-state index contributed by atoms with van der Waals surface area (Å²) in [5, 5.41) is 2.75. The summed E-state index contributed by atoms with van der Waals surface area (Å²) in [6.45, 7) is 7.30. The average molecular weight is 311 g/mol. The lowest BCUT2D eigenvalue weighted by Crippen LogP contribution is -2.30. The third kappa shape index (κ3) is 4.19. The Morgan fingerprint density at radius 2 is 1.74 bits per heavy atom. The lowest BCUT2D eigenvalue weighted by Gasteiger charge is -2.15. The molecule has 0 bridgehead atoms. The van der Waals surface area contributed by atoms with E-state index in [4.69, 9.17) is 4.74 Å². The van der Waals surface area contributed by atoms with Gasteiger partial charge in [-0.2, -0.15) is 0 Å². The molecule has 1 atom stereocenters. The van der Waals surface area contributed by atoms with Crippen molar-refractivity contribution in [3.8, 4) is 0 Å². The molecule has 120 valence electrons. The highest BCUT2D eigenvalue weighted by Gasteiger charge is 2.20. The number of ether oxygens (including phenoxy) is 1. The van der Waals surface area contributed by atoms with Crippen molar-refractivity contribution in [2.24, 2.45) is 0 Å². The van der Waals surface area contributed by atoms with Gasteiger partial charge >= 0.3 is 5.97 Å². The van der Waals surface area contributed by atoms with Gasteiger partial charge in [-0.25, -0.2) is 4.79 Å². The number of amides is 1. The van der Waals surface area contributed by atoms with Crippen LogP contribution in [0.5, 0.6) is 0 Å². The first kappa shape index (κ1) is 16.7. The fourth-order valence-corrected chi connectivity index (χ4v) is 2.22. The number of carbonyl (C=O) groups excluding carboxylic acids is 2. The number of carbonyl (C=O) groups is 2. The Morgan fingerprint density at radius 3 is 2.43 bits per heavy atom. The van der Waals surface area contributed by atoms with Crippen LogP contribution < -0.4 is 5.32 Å². The van der Waals surface area contributed by atoms with Crippen LogP contribution in [0.2, 0.25) is 0 Å². The smallest absolute Gasteiger partial charge is 0.339 e. The van der Waals surface area contributed by atoms with Crippen molar-refractivity contribution in [3.05, 3.63) is 64.7 Å². The Balaban J connectivity index is 2.03. The van der Waals surface area contributed by atoms with E-state index in [9.17, 15) is 9.59 Å². The quantitative estimate of drug-likeness (QED) is 0.874. The van der Waals surface area contributed by atoms with Crippen LogP contribution in [0.3, 0.4) is 0 Å². The normalized spacial score (nSPS) is 11.7. The predicted molar refractivity (Wildman–Crippen MR) is 90.6 cm³/mol. The van der Waals surface area contributed by atoms with Crippen molar-refractivity contribution in [1.29, 1.82) is 0 Å². The zero-order valence-electron chi connectivity index (χ0n) is 13.8. The number of anilines is 1. The van der Waals surface area contributed by atoms with Crippen molar-refractivity contribution < 1.29 is 14.3 Å². The highest BCUT2D eigenvalue weighted by Crippen LogP contribution is 2.15. The van der Waals surface area contributed by atoms with Gasteiger partial charge in [0.15, 0.2) is 6.10 Å². The van der Waals surface area contributed by atoms with Crippen molar-refractivity contribution in [3.63, 3.8) is 0 Å². The first-order valence-electron chi connectivity index (χ1n) is 7.53. The molecule has 1 amide bonds. The zero-order valence-corrected chi connectivity index (χ0v) is 13.8. The molecule has 0 spiro atoms. The van der Waals surface area contributed by atoms with Gasteiger partial charge in [-0.1, -0.05) is 24.3 Å². The van der Waals surface area contributed by atoms with E-state index < -0.39 is 12.1 Å². The molecule has 0 heterocycles. The summed E-state index contributed by atoms with van der Waals surface area (Å²) in [6, 6.07) is 12.9. The Labute approximate surface area is 136 Å². The van der Waals surface area contributed by atoms with E-state index in [2.05, 4.69) is 5.32 Å². The fraction of sp³-hybridized carbons (Fsp3) is 0.263. The molecule has 0 aliphatic rings. The van der Waals surface area contributed by atoms with Crippen LogP contribution in [0.25, 0.3) is 0 Å². The Hall–Kier alpha value is -2.62. The number of nitrogens with one attached hydrogen (secondary N) is 1. The molecular weight excluding hydrogens is 290 g/mol. The molecule has 0 aliphatic carbocycles. The molecule has 23 heavy (non-hydrogen) atoms. The second-order valence-corrected chi connectivity index (χ2v) is 5.65. The molecule has 2 aromatic carbocycles. The maximum absolute atomic E-state index is 12.2. The monoisotopic (exact) mass is 311 g/mol. The molecule has 2 rings (SSSR count). The SMILES string of the molecule is Cc1cccc(NC(=O)[C@H](C)OC(=O)c2cccc(C)c2C)c1. The van der Waals surface area contributed by atoms with Crippen molar-refractivity contribution in [1.82, 2.24) is 0 Å². The van der Waals surface area contributed by atoms with E-state index in [1.54, 1.807) is 25.1 Å². The third-order valence-corrected chi connectivity index (χ3v) is 3.76. The van der Waals surface area contributed by atoms with Gasteiger partial charge in [0.2, 0.25) is 0 Å². The first-order chi connectivity index (χ1) is 10.9. The van der Waals surface area contributed by atoms with Gasteiger partial charge in [0.05, 0.1) is 5.56 Å². The third-order valence-electron chi connectivity index (χ3n) is 3.76. The van der Waals surface area contributed by atoms with Gasteiger partial charge in [-0.05, 0) is 62.6 Å². The minimum absolute atomic E-state index is 0.353. The molecular formula is C19H21NO3. The number of hydrogen-bond acceptors (Lipinski definition) is 3. The summed E-state index contributed by atoms with van der Waals surface area (Å²) in [6.07, 6.45) is -0.872. The molecule has 4 heteroatoms. The predicted octanol–water partition coefficient (Wildman–Crippen LogP) is 3.80. The van der Waals surface area contributed by atoms with Crippen LogP contribution in [-0.2, 0) is 9.53 Å². The second kappa shape index (κ2) is 7.09. The average Bonchev–Trinajstić information content (AvgIpc) is 2.49. The van der Waals surface area contributed by atoms with Gasteiger partial charge in [0.1, 0.15) is 0 Å². The van der Waals surface area contributed by atoms with Crippen LogP contribution in [0, 0.1) is 20.8 Å². The van der Waals surface area contributed by atoms with Gasteiger partial charge < -0.3 is 10.1 Å². The minimum Gasteiger partial charge on any atom is -0.449 e. The Bertz CT molecular complexity index is 737. The van der Waals surface area contributed by atoms with E-state index in [-0.39, 0.29) is 5.91 Å². The number of esters is 1. The number of hydrogen-bond donors (Lipinski definition) is 1. The molecule has 4 nitrogen and oxygen atoms in total. The van der Waals surface area contributed by atoms with Gasteiger partial charge in [-0.15, -0.1) is 0 Å². The highest BCUT2D eigenvalue weighted by atomic mass is 16.5. The topological polar surface area (TPSA) is 55.4 Å². The Morgan fingerprint density at radius 1 is 1.04 bits per heavy atom. The van der Waals surface area contributed by atoms with Crippen LogP contribution in [0.15, 0.2) is 42.5 Å². The molecule has 0 fully saturated rings. The van der Waals surface area contributed by atoms with Crippen molar-refractivity contribution in [2.45, 2.75) is 33.8 Å². The molecule has 0 radical (unpaired) electrons. The lowest BCUT2D eigenvalue weighted by atomic mass is 10.0.